The Labute approximate surface area is 132 Å². The number of hydrogen-bond donors (Lipinski definition) is 2. The van der Waals surface area contributed by atoms with Gasteiger partial charge in [-0.1, -0.05) is 0 Å². The zero-order chi connectivity index (χ0) is 17.0. The molecule has 2 N–H and O–H groups in total. The standard InChI is InChI=1S/C15H15N3O5/c1-22-12-5-9(8-16)10(6-13(12)23-2)17-11-7-14(20)18(3-4-19)15(11)21/h5-7,17,19H,3-4H2,1-2H3. The van der Waals surface area contributed by atoms with E-state index in [1.165, 1.54) is 26.4 Å². The highest BCUT2D eigenvalue weighted by Crippen LogP contribution is 2.34. The van der Waals surface area contributed by atoms with E-state index >= 15 is 0 Å². The van der Waals surface area contributed by atoms with Crippen molar-refractivity contribution in [2.45, 2.75) is 0 Å². The van der Waals surface area contributed by atoms with E-state index in [2.05, 4.69) is 5.32 Å². The molecule has 1 aliphatic rings. The summed E-state index contributed by atoms with van der Waals surface area (Å²) >= 11 is 0. The number of β-amino-alcohol motifs (C(OH)–C–C–N with tert-alkyl or cyclic N) is 1. The lowest BCUT2D eigenvalue weighted by molar-refractivity contribution is -0.137. The zero-order valence-electron chi connectivity index (χ0n) is 12.6. The van der Waals surface area contributed by atoms with Gasteiger partial charge in [0.05, 0.1) is 38.6 Å². The van der Waals surface area contributed by atoms with Crippen LogP contribution in [0.2, 0.25) is 0 Å². The van der Waals surface area contributed by atoms with Gasteiger partial charge in [0.1, 0.15) is 11.8 Å². The molecule has 8 nitrogen and oxygen atoms in total. The number of aliphatic hydroxyl groups excluding tert-OH is 1. The van der Waals surface area contributed by atoms with E-state index in [0.717, 1.165) is 11.0 Å². The fraction of sp³-hybridized carbons (Fsp3) is 0.267. The molecule has 0 bridgehead atoms. The Morgan fingerprint density at radius 3 is 2.48 bits per heavy atom. The Hall–Kier alpha value is -3.05. The van der Waals surface area contributed by atoms with Crippen LogP contribution < -0.4 is 14.8 Å². The van der Waals surface area contributed by atoms with Crippen LogP contribution in [-0.2, 0) is 9.59 Å². The van der Waals surface area contributed by atoms with Crippen molar-refractivity contribution in [3.8, 4) is 17.6 Å². The summed E-state index contributed by atoms with van der Waals surface area (Å²) in [7, 11) is 2.89. The quantitative estimate of drug-likeness (QED) is 0.722. The van der Waals surface area contributed by atoms with E-state index in [1.807, 2.05) is 6.07 Å². The number of carbonyl (C=O) groups is 2. The van der Waals surface area contributed by atoms with Gasteiger partial charge in [-0.05, 0) is 0 Å². The molecule has 0 unspecified atom stereocenters. The number of ether oxygens (including phenoxy) is 2. The second kappa shape index (κ2) is 6.81. The van der Waals surface area contributed by atoms with E-state index in [-0.39, 0.29) is 24.4 Å². The van der Waals surface area contributed by atoms with Crippen LogP contribution in [0.25, 0.3) is 0 Å². The summed E-state index contributed by atoms with van der Waals surface area (Å²) in [5.41, 5.74) is 0.556. The van der Waals surface area contributed by atoms with Crippen LogP contribution in [0.15, 0.2) is 23.9 Å². The van der Waals surface area contributed by atoms with E-state index in [9.17, 15) is 14.9 Å². The minimum Gasteiger partial charge on any atom is -0.493 e. The van der Waals surface area contributed by atoms with Gasteiger partial charge in [-0.2, -0.15) is 5.26 Å². The molecule has 0 atom stereocenters. The number of rotatable bonds is 6. The molecule has 120 valence electrons. The maximum absolute atomic E-state index is 12.1. The van der Waals surface area contributed by atoms with Crippen LogP contribution in [0, 0.1) is 11.3 Å². The molecular weight excluding hydrogens is 302 g/mol. The lowest BCUT2D eigenvalue weighted by atomic mass is 10.1. The highest BCUT2D eigenvalue weighted by molar-refractivity contribution is 6.17. The number of nitrogens with one attached hydrogen (secondary N) is 1. The molecule has 1 heterocycles. The van der Waals surface area contributed by atoms with Gasteiger partial charge in [0.2, 0.25) is 0 Å². The number of aliphatic hydroxyl groups is 1. The van der Waals surface area contributed by atoms with Crippen LogP contribution in [0.3, 0.4) is 0 Å². The maximum Gasteiger partial charge on any atom is 0.277 e. The van der Waals surface area contributed by atoms with E-state index in [4.69, 9.17) is 14.6 Å². The molecule has 0 radical (unpaired) electrons. The normalized spacial score (nSPS) is 13.7. The van der Waals surface area contributed by atoms with Gasteiger partial charge in [-0.15, -0.1) is 0 Å². The van der Waals surface area contributed by atoms with Crippen molar-refractivity contribution in [3.63, 3.8) is 0 Å². The second-order valence-corrected chi connectivity index (χ2v) is 4.57. The molecule has 0 spiro atoms. The second-order valence-electron chi connectivity index (χ2n) is 4.57. The molecule has 1 aliphatic heterocycles. The highest BCUT2D eigenvalue weighted by atomic mass is 16.5. The fourth-order valence-electron chi connectivity index (χ4n) is 2.13. The molecule has 23 heavy (non-hydrogen) atoms. The number of amides is 2. The van der Waals surface area contributed by atoms with Crippen LogP contribution in [0.4, 0.5) is 5.69 Å². The van der Waals surface area contributed by atoms with Gasteiger partial charge in [0.25, 0.3) is 11.8 Å². The van der Waals surface area contributed by atoms with Crippen LogP contribution in [0.5, 0.6) is 11.5 Å². The third-order valence-electron chi connectivity index (χ3n) is 3.25. The first-order valence-corrected chi connectivity index (χ1v) is 6.67. The smallest absolute Gasteiger partial charge is 0.277 e. The van der Waals surface area contributed by atoms with Crippen LogP contribution in [0.1, 0.15) is 5.56 Å². The average molecular weight is 317 g/mol. The van der Waals surface area contributed by atoms with E-state index < -0.39 is 11.8 Å². The first-order chi connectivity index (χ1) is 11.0. The number of nitriles is 1. The monoisotopic (exact) mass is 317 g/mol. The minimum atomic E-state index is -0.567. The molecule has 1 aromatic carbocycles. The van der Waals surface area contributed by atoms with Crippen molar-refractivity contribution < 1.29 is 24.2 Å². The molecule has 2 rings (SSSR count). The average Bonchev–Trinajstić information content (AvgIpc) is 2.82. The first-order valence-electron chi connectivity index (χ1n) is 6.67. The Morgan fingerprint density at radius 2 is 1.91 bits per heavy atom. The molecule has 1 aromatic rings. The number of methoxy groups -OCH3 is 2. The van der Waals surface area contributed by atoms with Crippen molar-refractivity contribution in [1.29, 1.82) is 5.26 Å². The third kappa shape index (κ3) is 3.09. The van der Waals surface area contributed by atoms with Crippen LogP contribution >= 0.6 is 0 Å². The molecule has 2 amide bonds. The molecule has 0 saturated carbocycles. The molecule has 0 aromatic heterocycles. The zero-order valence-corrected chi connectivity index (χ0v) is 12.6. The van der Waals surface area contributed by atoms with Crippen molar-refractivity contribution in [2.24, 2.45) is 0 Å². The van der Waals surface area contributed by atoms with Gasteiger partial charge in [-0.25, -0.2) is 0 Å². The van der Waals surface area contributed by atoms with Gasteiger partial charge < -0.3 is 19.9 Å². The van der Waals surface area contributed by atoms with Gasteiger partial charge in [0.15, 0.2) is 11.5 Å². The molecule has 8 heteroatoms. The fourth-order valence-corrected chi connectivity index (χ4v) is 2.13. The molecule has 0 fully saturated rings. The Bertz CT molecular complexity index is 721. The topological polar surface area (TPSA) is 112 Å². The Kier molecular flexibility index (Phi) is 4.83. The summed E-state index contributed by atoms with van der Waals surface area (Å²) < 4.78 is 10.3. The third-order valence-corrected chi connectivity index (χ3v) is 3.25. The molecular formula is C15H15N3O5. The number of imide groups is 1. The van der Waals surface area contributed by atoms with Crippen molar-refractivity contribution >= 4 is 17.5 Å². The largest absolute Gasteiger partial charge is 0.493 e. The number of anilines is 1. The lowest BCUT2D eigenvalue weighted by Crippen LogP contribution is -2.34. The number of nitrogens with zero attached hydrogens (tertiary/aromatic N) is 2. The van der Waals surface area contributed by atoms with Crippen molar-refractivity contribution in [1.82, 2.24) is 4.90 Å². The predicted molar refractivity (Wildman–Crippen MR) is 79.8 cm³/mol. The van der Waals surface area contributed by atoms with Crippen molar-refractivity contribution in [2.75, 3.05) is 32.7 Å². The minimum absolute atomic E-state index is 0.0205. The van der Waals surface area contributed by atoms with Crippen LogP contribution in [-0.4, -0.2) is 49.2 Å². The summed E-state index contributed by atoms with van der Waals surface area (Å²) in [4.78, 5) is 24.7. The summed E-state index contributed by atoms with van der Waals surface area (Å²) in [6, 6.07) is 4.95. The van der Waals surface area contributed by atoms with Crippen molar-refractivity contribution in [3.05, 3.63) is 29.5 Å². The van der Waals surface area contributed by atoms with E-state index in [0.29, 0.717) is 17.2 Å². The first kappa shape index (κ1) is 16.3. The Balaban J connectivity index is 2.34. The highest BCUT2D eigenvalue weighted by Gasteiger charge is 2.31. The summed E-state index contributed by atoms with van der Waals surface area (Å²) in [5.74, 6) is -0.342. The number of hydrogen-bond acceptors (Lipinski definition) is 7. The SMILES string of the molecule is COc1cc(C#N)c(NC2=CC(=O)N(CCO)C2=O)cc1OC. The molecule has 0 aliphatic carbocycles. The predicted octanol–water partition coefficient (Wildman–Crippen LogP) is 0.232. The Morgan fingerprint density at radius 1 is 1.26 bits per heavy atom. The summed E-state index contributed by atoms with van der Waals surface area (Å²) in [6.45, 7) is -0.408. The summed E-state index contributed by atoms with van der Waals surface area (Å²) in [5, 5.41) is 20.9. The maximum atomic E-state index is 12.1. The van der Waals surface area contributed by atoms with Gasteiger partial charge >= 0.3 is 0 Å². The molecule has 0 saturated heterocycles. The van der Waals surface area contributed by atoms with Gasteiger partial charge in [0, 0.05) is 18.2 Å². The lowest BCUT2D eigenvalue weighted by Gasteiger charge is -2.15. The summed E-state index contributed by atoms with van der Waals surface area (Å²) in [6.07, 6.45) is 1.12. The van der Waals surface area contributed by atoms with Gasteiger partial charge in [-0.3, -0.25) is 14.5 Å². The number of benzene rings is 1. The number of carbonyl (C=O) groups excluding carboxylic acids is 2. The van der Waals surface area contributed by atoms with E-state index in [1.54, 1.807) is 0 Å².